The number of nitrogens with one attached hydrogen (secondary N) is 1. The fourth-order valence-electron chi connectivity index (χ4n) is 0.720. The second-order valence-corrected chi connectivity index (χ2v) is 1.79. The normalized spacial score (nSPS) is 9.45. The van der Waals surface area contributed by atoms with Crippen LogP contribution in [-0.2, 0) is 0 Å². The van der Waals surface area contributed by atoms with E-state index in [4.69, 9.17) is 0 Å². The van der Waals surface area contributed by atoms with Crippen LogP contribution in [0.25, 0.3) is 11.2 Å². The molecule has 2 heterocycles. The number of aromatic nitrogens is 4. The SMILES string of the molecule is [Na+].[O-]c1ncc2[nH]cnc2n1. The molecule has 0 fully saturated rings. The molecule has 2 aromatic rings. The van der Waals surface area contributed by atoms with E-state index in [2.05, 4.69) is 19.9 Å². The number of aromatic amines is 1. The molecule has 1 N–H and O–H groups in total. The van der Waals surface area contributed by atoms with Gasteiger partial charge in [-0.2, -0.15) is 0 Å². The monoisotopic (exact) mass is 158 g/mol. The van der Waals surface area contributed by atoms with E-state index < -0.39 is 6.01 Å². The minimum absolute atomic E-state index is 0. The fraction of sp³-hybridized carbons (Fsp3) is 0. The summed E-state index contributed by atoms with van der Waals surface area (Å²) in [5.74, 6) is 0. The molecule has 5 nitrogen and oxygen atoms in total. The number of hydrogen-bond donors (Lipinski definition) is 1. The molecule has 0 radical (unpaired) electrons. The van der Waals surface area contributed by atoms with Crippen LogP contribution in [0.3, 0.4) is 0 Å². The third-order valence-electron chi connectivity index (χ3n) is 1.15. The molecule has 50 valence electrons. The molecule has 0 bridgehead atoms. The van der Waals surface area contributed by atoms with Gasteiger partial charge in [0.25, 0.3) is 0 Å². The number of imidazole rings is 1. The van der Waals surface area contributed by atoms with E-state index in [0.717, 1.165) is 0 Å². The average Bonchev–Trinajstić information content (AvgIpc) is 2.33. The molecule has 0 aliphatic rings. The van der Waals surface area contributed by atoms with Gasteiger partial charge in [0.05, 0.1) is 18.5 Å². The second kappa shape index (κ2) is 3.17. The first-order chi connectivity index (χ1) is 4.86. The maximum atomic E-state index is 10.5. The molecule has 6 heteroatoms. The molecule has 0 amide bonds. The number of fused-ring (bicyclic) bond motifs is 1. The Morgan fingerprint density at radius 1 is 1.36 bits per heavy atom. The zero-order chi connectivity index (χ0) is 6.97. The Hall–Kier alpha value is -0.650. The van der Waals surface area contributed by atoms with Crippen LogP contribution in [0.2, 0.25) is 0 Å². The molecular weight excluding hydrogens is 155 g/mol. The number of rotatable bonds is 0. The molecule has 2 rings (SSSR count). The van der Waals surface area contributed by atoms with Gasteiger partial charge in [0.1, 0.15) is 5.52 Å². The molecule has 0 aliphatic carbocycles. The van der Waals surface area contributed by atoms with Gasteiger partial charge in [0.15, 0.2) is 5.65 Å². The van der Waals surface area contributed by atoms with Crippen molar-refractivity contribution in [2.24, 2.45) is 0 Å². The Labute approximate surface area is 84.2 Å². The van der Waals surface area contributed by atoms with E-state index in [9.17, 15) is 5.11 Å². The van der Waals surface area contributed by atoms with Gasteiger partial charge in [0, 0.05) is 0 Å². The van der Waals surface area contributed by atoms with Gasteiger partial charge < -0.3 is 10.1 Å². The number of H-pyrrole nitrogens is 1. The summed E-state index contributed by atoms with van der Waals surface area (Å²) in [6, 6.07) is -0.500. The van der Waals surface area contributed by atoms with Gasteiger partial charge >= 0.3 is 29.6 Å². The standard InChI is InChI=1S/C5H4N4O.Na/c10-5-6-1-3-4(9-5)8-2-7-3;/h1-2H,(H2,6,7,8,9,10);/q;+1/p-1. The Bertz CT molecular complexity index is 360. The maximum absolute atomic E-state index is 10.5. The van der Waals surface area contributed by atoms with Gasteiger partial charge in [-0.3, -0.25) is 4.98 Å². The summed E-state index contributed by atoms with van der Waals surface area (Å²) < 4.78 is 0. The third kappa shape index (κ3) is 1.50. The first kappa shape index (κ1) is 8.45. The quantitative estimate of drug-likeness (QED) is 0.402. The van der Waals surface area contributed by atoms with Crippen LogP contribution in [0, 0.1) is 0 Å². The first-order valence-corrected chi connectivity index (χ1v) is 2.69. The minimum atomic E-state index is -0.500. The van der Waals surface area contributed by atoms with Gasteiger partial charge in [0.2, 0.25) is 0 Å². The minimum Gasteiger partial charge on any atom is -0.844 e. The summed E-state index contributed by atoms with van der Waals surface area (Å²) in [6.45, 7) is 0. The maximum Gasteiger partial charge on any atom is 1.00 e. The first-order valence-electron chi connectivity index (χ1n) is 2.69. The van der Waals surface area contributed by atoms with Crippen molar-refractivity contribution < 1.29 is 34.7 Å². The third-order valence-corrected chi connectivity index (χ3v) is 1.15. The van der Waals surface area contributed by atoms with E-state index >= 15 is 0 Å². The molecule has 0 atom stereocenters. The summed E-state index contributed by atoms with van der Waals surface area (Å²) in [5.41, 5.74) is 1.10. The summed E-state index contributed by atoms with van der Waals surface area (Å²) >= 11 is 0. The van der Waals surface area contributed by atoms with Gasteiger partial charge in [-0.15, -0.1) is 0 Å². The van der Waals surface area contributed by atoms with E-state index in [1.54, 1.807) is 0 Å². The molecule has 0 saturated carbocycles. The van der Waals surface area contributed by atoms with Crippen molar-refractivity contribution in [3.05, 3.63) is 12.5 Å². The van der Waals surface area contributed by atoms with Gasteiger partial charge in [-0.25, -0.2) is 9.97 Å². The van der Waals surface area contributed by atoms with Crippen molar-refractivity contribution in [1.82, 2.24) is 19.9 Å². The van der Waals surface area contributed by atoms with Crippen molar-refractivity contribution in [2.75, 3.05) is 0 Å². The van der Waals surface area contributed by atoms with E-state index in [-0.39, 0.29) is 29.6 Å². The van der Waals surface area contributed by atoms with E-state index in [1.165, 1.54) is 12.5 Å². The summed E-state index contributed by atoms with van der Waals surface area (Å²) in [5, 5.41) is 10.5. The van der Waals surface area contributed by atoms with Crippen molar-refractivity contribution >= 4 is 11.2 Å². The number of hydrogen-bond acceptors (Lipinski definition) is 4. The Balaban J connectivity index is 0.000000605. The number of nitrogens with zero attached hydrogens (tertiary/aromatic N) is 3. The molecule has 0 aliphatic heterocycles. The Morgan fingerprint density at radius 2 is 2.18 bits per heavy atom. The predicted molar refractivity (Wildman–Crippen MR) is 31.1 cm³/mol. The van der Waals surface area contributed by atoms with Crippen LogP contribution < -0.4 is 34.7 Å². The molecule has 0 spiro atoms. The van der Waals surface area contributed by atoms with Gasteiger partial charge in [-0.1, -0.05) is 0 Å². The molecule has 11 heavy (non-hydrogen) atoms. The van der Waals surface area contributed by atoms with Crippen molar-refractivity contribution in [1.29, 1.82) is 0 Å². The molecule has 0 saturated heterocycles. The van der Waals surface area contributed by atoms with Gasteiger partial charge in [-0.05, 0) is 0 Å². The molecular formula is C5H3N4NaO. The average molecular weight is 158 g/mol. The van der Waals surface area contributed by atoms with Crippen molar-refractivity contribution in [2.45, 2.75) is 0 Å². The molecule has 2 aromatic heterocycles. The Kier molecular flexibility index (Phi) is 2.43. The fourth-order valence-corrected chi connectivity index (χ4v) is 0.720. The van der Waals surface area contributed by atoms with Crippen LogP contribution in [0.15, 0.2) is 12.5 Å². The topological polar surface area (TPSA) is 77.5 Å². The largest absolute Gasteiger partial charge is 1.00 e. The summed E-state index contributed by atoms with van der Waals surface area (Å²) in [4.78, 5) is 13.5. The summed E-state index contributed by atoms with van der Waals surface area (Å²) in [6.07, 6.45) is 2.89. The van der Waals surface area contributed by atoms with E-state index in [0.29, 0.717) is 11.2 Å². The van der Waals surface area contributed by atoms with Crippen LogP contribution in [-0.4, -0.2) is 19.9 Å². The predicted octanol–water partition coefficient (Wildman–Crippen LogP) is -3.57. The van der Waals surface area contributed by atoms with Crippen molar-refractivity contribution in [3.63, 3.8) is 0 Å². The Morgan fingerprint density at radius 3 is 3.00 bits per heavy atom. The summed E-state index contributed by atoms with van der Waals surface area (Å²) in [7, 11) is 0. The van der Waals surface area contributed by atoms with Crippen LogP contribution in [0.4, 0.5) is 0 Å². The van der Waals surface area contributed by atoms with Crippen LogP contribution >= 0.6 is 0 Å². The zero-order valence-corrected chi connectivity index (χ0v) is 7.90. The molecule has 0 aromatic carbocycles. The van der Waals surface area contributed by atoms with Crippen LogP contribution in [0.1, 0.15) is 0 Å². The van der Waals surface area contributed by atoms with Crippen LogP contribution in [0.5, 0.6) is 6.01 Å². The smallest absolute Gasteiger partial charge is 0.844 e. The molecule has 0 unspecified atom stereocenters. The zero-order valence-electron chi connectivity index (χ0n) is 5.90. The second-order valence-electron chi connectivity index (χ2n) is 1.79. The van der Waals surface area contributed by atoms with Crippen molar-refractivity contribution in [3.8, 4) is 6.01 Å². The van der Waals surface area contributed by atoms with E-state index in [1.807, 2.05) is 0 Å².